The molecule has 2 aliphatic rings. The topological polar surface area (TPSA) is 20.6 Å². The zero-order chi connectivity index (χ0) is 13.9. The summed E-state index contributed by atoms with van der Waals surface area (Å²) < 4.78 is 8.17. The zero-order valence-electron chi connectivity index (χ0n) is 12.8. The Labute approximate surface area is 122 Å². The summed E-state index contributed by atoms with van der Waals surface area (Å²) in [6, 6.07) is 4.36. The second kappa shape index (κ2) is 6.29. The number of nitrogens with zero attached hydrogens (tertiary/aromatic N) is 3. The molecule has 112 valence electrons. The highest BCUT2D eigenvalue weighted by atomic mass is 16.5. The molecule has 0 unspecified atom stereocenters. The minimum atomic E-state index is 0.368. The van der Waals surface area contributed by atoms with E-state index in [4.69, 9.17) is 4.74 Å². The summed E-state index contributed by atoms with van der Waals surface area (Å²) in [4.78, 5) is 4.98. The average Bonchev–Trinajstić information content (AvgIpc) is 3.13. The molecule has 4 nitrogen and oxygen atoms in total. The van der Waals surface area contributed by atoms with Gasteiger partial charge in [0.2, 0.25) is 0 Å². The number of likely N-dealkylation sites (N-methyl/N-ethyl adjacent to an activating group) is 1. The number of ether oxygens (including phenoxy) is 1. The SMILES string of the molecule is CN1CCO[C@H](CN(Cc2cccn2C)CC2CC2)C1. The second-order valence-electron chi connectivity index (χ2n) is 6.50. The van der Waals surface area contributed by atoms with Crippen molar-refractivity contribution >= 4 is 0 Å². The van der Waals surface area contributed by atoms with Gasteiger partial charge < -0.3 is 14.2 Å². The van der Waals surface area contributed by atoms with Gasteiger partial charge in [0.25, 0.3) is 0 Å². The first-order chi connectivity index (χ1) is 9.70. The molecule has 0 spiro atoms. The zero-order valence-corrected chi connectivity index (χ0v) is 12.8. The quantitative estimate of drug-likeness (QED) is 0.787. The molecule has 1 aromatic heterocycles. The molecule has 0 radical (unpaired) electrons. The van der Waals surface area contributed by atoms with Gasteiger partial charge in [0.05, 0.1) is 12.7 Å². The Balaban J connectivity index is 1.58. The number of rotatable bonds is 6. The Morgan fingerprint density at radius 2 is 2.15 bits per heavy atom. The van der Waals surface area contributed by atoms with Gasteiger partial charge in [0.1, 0.15) is 0 Å². The van der Waals surface area contributed by atoms with Crippen LogP contribution in [0.25, 0.3) is 0 Å². The predicted octanol–water partition coefficient (Wildman–Crippen LogP) is 1.57. The highest BCUT2D eigenvalue weighted by Crippen LogP contribution is 2.30. The van der Waals surface area contributed by atoms with E-state index in [0.717, 1.165) is 38.7 Å². The molecule has 1 saturated carbocycles. The van der Waals surface area contributed by atoms with Crippen molar-refractivity contribution in [1.82, 2.24) is 14.4 Å². The van der Waals surface area contributed by atoms with E-state index in [2.05, 4.69) is 46.8 Å². The van der Waals surface area contributed by atoms with Crippen LogP contribution in [0.5, 0.6) is 0 Å². The van der Waals surface area contributed by atoms with E-state index in [-0.39, 0.29) is 0 Å². The minimum absolute atomic E-state index is 0.368. The fourth-order valence-electron chi connectivity index (χ4n) is 3.02. The lowest BCUT2D eigenvalue weighted by Crippen LogP contribution is -2.46. The van der Waals surface area contributed by atoms with Crippen molar-refractivity contribution in [1.29, 1.82) is 0 Å². The van der Waals surface area contributed by atoms with Crippen LogP contribution < -0.4 is 0 Å². The molecule has 1 aliphatic heterocycles. The van der Waals surface area contributed by atoms with Gasteiger partial charge >= 0.3 is 0 Å². The minimum Gasteiger partial charge on any atom is -0.374 e. The number of morpholine rings is 1. The molecule has 0 bridgehead atoms. The lowest BCUT2D eigenvalue weighted by molar-refractivity contribution is -0.0375. The maximum absolute atomic E-state index is 5.94. The van der Waals surface area contributed by atoms with Gasteiger partial charge in [-0.05, 0) is 37.9 Å². The smallest absolute Gasteiger partial charge is 0.0829 e. The number of aryl methyl sites for hydroxylation is 1. The maximum atomic E-state index is 5.94. The van der Waals surface area contributed by atoms with Crippen LogP contribution in [0.2, 0.25) is 0 Å². The van der Waals surface area contributed by atoms with Crippen LogP contribution in [0, 0.1) is 5.92 Å². The second-order valence-corrected chi connectivity index (χ2v) is 6.50. The standard InChI is InChI=1S/C16H27N3O/c1-17-8-9-20-16(12-17)13-19(10-14-5-6-14)11-15-4-3-7-18(15)2/h3-4,7,14,16H,5-6,8-13H2,1-2H3/t16-/m0/s1. The summed E-state index contributed by atoms with van der Waals surface area (Å²) in [7, 11) is 4.33. The summed E-state index contributed by atoms with van der Waals surface area (Å²) in [5, 5.41) is 0. The fraction of sp³-hybridized carbons (Fsp3) is 0.750. The van der Waals surface area contributed by atoms with Crippen molar-refractivity contribution in [2.75, 3.05) is 39.8 Å². The van der Waals surface area contributed by atoms with E-state index in [0.29, 0.717) is 6.10 Å². The summed E-state index contributed by atoms with van der Waals surface area (Å²) in [5.74, 6) is 0.927. The van der Waals surface area contributed by atoms with Crippen molar-refractivity contribution in [3.8, 4) is 0 Å². The van der Waals surface area contributed by atoms with Crippen LogP contribution >= 0.6 is 0 Å². The largest absolute Gasteiger partial charge is 0.374 e. The van der Waals surface area contributed by atoms with Crippen LogP contribution in [-0.2, 0) is 18.3 Å². The lowest BCUT2D eigenvalue weighted by Gasteiger charge is -2.34. The third-order valence-corrected chi connectivity index (χ3v) is 4.45. The molecule has 4 heteroatoms. The normalized spacial score (nSPS) is 24.4. The van der Waals surface area contributed by atoms with Crippen molar-refractivity contribution in [2.24, 2.45) is 13.0 Å². The number of hydrogen-bond donors (Lipinski definition) is 0. The van der Waals surface area contributed by atoms with Crippen LogP contribution in [0.3, 0.4) is 0 Å². The van der Waals surface area contributed by atoms with Crippen molar-refractivity contribution in [2.45, 2.75) is 25.5 Å². The molecule has 1 saturated heterocycles. The lowest BCUT2D eigenvalue weighted by atomic mass is 10.2. The average molecular weight is 277 g/mol. The van der Waals surface area contributed by atoms with E-state index >= 15 is 0 Å². The monoisotopic (exact) mass is 277 g/mol. The highest BCUT2D eigenvalue weighted by Gasteiger charge is 2.27. The van der Waals surface area contributed by atoms with Gasteiger partial charge in [-0.2, -0.15) is 0 Å². The third kappa shape index (κ3) is 3.84. The fourth-order valence-corrected chi connectivity index (χ4v) is 3.02. The molecule has 2 fully saturated rings. The highest BCUT2D eigenvalue weighted by molar-refractivity contribution is 5.06. The molecule has 1 atom stereocenters. The summed E-state index contributed by atoms with van der Waals surface area (Å²) in [5.41, 5.74) is 1.40. The van der Waals surface area contributed by atoms with Gasteiger partial charge in [-0.25, -0.2) is 0 Å². The molecule has 1 aliphatic carbocycles. The van der Waals surface area contributed by atoms with Crippen molar-refractivity contribution in [3.05, 3.63) is 24.0 Å². The summed E-state index contributed by atoms with van der Waals surface area (Å²) in [6.45, 7) is 6.35. The molecule has 0 aromatic carbocycles. The van der Waals surface area contributed by atoms with E-state index < -0.39 is 0 Å². The molecular weight excluding hydrogens is 250 g/mol. The van der Waals surface area contributed by atoms with E-state index in [1.807, 2.05) is 0 Å². The number of hydrogen-bond acceptors (Lipinski definition) is 3. The number of aromatic nitrogens is 1. The Kier molecular flexibility index (Phi) is 4.44. The molecule has 0 N–H and O–H groups in total. The summed E-state index contributed by atoms with van der Waals surface area (Å²) in [6.07, 6.45) is 5.33. The van der Waals surface area contributed by atoms with Gasteiger partial charge in [-0.15, -0.1) is 0 Å². The van der Waals surface area contributed by atoms with Crippen LogP contribution in [0.1, 0.15) is 18.5 Å². The Morgan fingerprint density at radius 3 is 2.80 bits per heavy atom. The van der Waals surface area contributed by atoms with E-state index in [1.165, 1.54) is 25.1 Å². The summed E-state index contributed by atoms with van der Waals surface area (Å²) >= 11 is 0. The molecular formula is C16H27N3O. The van der Waals surface area contributed by atoms with Gasteiger partial charge in [-0.3, -0.25) is 4.90 Å². The van der Waals surface area contributed by atoms with Crippen LogP contribution in [-0.4, -0.2) is 60.3 Å². The van der Waals surface area contributed by atoms with Crippen molar-refractivity contribution < 1.29 is 4.74 Å². The van der Waals surface area contributed by atoms with E-state index in [9.17, 15) is 0 Å². The molecule has 20 heavy (non-hydrogen) atoms. The van der Waals surface area contributed by atoms with Crippen LogP contribution in [0.15, 0.2) is 18.3 Å². The van der Waals surface area contributed by atoms with Crippen molar-refractivity contribution in [3.63, 3.8) is 0 Å². The predicted molar refractivity (Wildman–Crippen MR) is 80.7 cm³/mol. The molecule has 0 amide bonds. The Bertz CT molecular complexity index is 427. The first kappa shape index (κ1) is 14.1. The molecule has 2 heterocycles. The van der Waals surface area contributed by atoms with Gasteiger partial charge in [0.15, 0.2) is 0 Å². The maximum Gasteiger partial charge on any atom is 0.0829 e. The Hall–Kier alpha value is -0.840. The molecule has 3 rings (SSSR count). The van der Waals surface area contributed by atoms with Gasteiger partial charge in [0, 0.05) is 51.7 Å². The first-order valence-electron chi connectivity index (χ1n) is 7.83. The van der Waals surface area contributed by atoms with Gasteiger partial charge in [-0.1, -0.05) is 0 Å². The first-order valence-corrected chi connectivity index (χ1v) is 7.83. The molecule has 1 aromatic rings. The van der Waals surface area contributed by atoms with Crippen LogP contribution in [0.4, 0.5) is 0 Å². The Morgan fingerprint density at radius 1 is 1.30 bits per heavy atom. The van der Waals surface area contributed by atoms with E-state index in [1.54, 1.807) is 0 Å². The third-order valence-electron chi connectivity index (χ3n) is 4.45.